The van der Waals surface area contributed by atoms with Gasteiger partial charge in [-0.15, -0.1) is 0 Å². The van der Waals surface area contributed by atoms with E-state index in [1.54, 1.807) is 0 Å². The van der Waals surface area contributed by atoms with E-state index in [4.69, 9.17) is 0 Å². The smallest absolute Gasteiger partial charge is 0.0282 e. The third kappa shape index (κ3) is 17.2. The molecule has 0 aliphatic heterocycles. The second-order valence-electron chi connectivity index (χ2n) is 14.4. The fraction of sp³-hybridized carbons (Fsp3) is 1.00. The van der Waals surface area contributed by atoms with Crippen LogP contribution in [-0.4, -0.2) is 0 Å². The molecule has 0 radical (unpaired) electrons. The summed E-state index contributed by atoms with van der Waals surface area (Å²) in [7, 11) is 0. The molecule has 0 amide bonds. The van der Waals surface area contributed by atoms with Crippen LogP contribution in [0, 0.1) is 38.9 Å². The minimum absolute atomic E-state index is 0.455. The van der Waals surface area contributed by atoms with Gasteiger partial charge in [-0.3, -0.25) is 0 Å². The molecule has 0 saturated carbocycles. The van der Waals surface area contributed by atoms with Crippen molar-refractivity contribution in [1.29, 1.82) is 0 Å². The maximum absolute atomic E-state index is 2.38. The highest BCUT2D eigenvalue weighted by atomic mass is 14.4. The van der Waals surface area contributed by atoms with Crippen molar-refractivity contribution >= 4 is 0 Å². The van der Waals surface area contributed by atoms with Crippen LogP contribution in [0.15, 0.2) is 0 Å². The molecular formula is C35H78. The van der Waals surface area contributed by atoms with Gasteiger partial charge >= 0.3 is 0 Å². The molecule has 0 fully saturated rings. The summed E-state index contributed by atoms with van der Waals surface area (Å²) in [6, 6.07) is 0. The predicted octanol–water partition coefficient (Wildman–Crippen LogP) is 13.6. The summed E-state index contributed by atoms with van der Waals surface area (Å²) in [5.74, 6) is 1.64. The van der Waals surface area contributed by atoms with Gasteiger partial charge in [-0.2, -0.15) is 0 Å². The molecule has 0 nitrogen and oxygen atoms in total. The maximum Gasteiger partial charge on any atom is -0.0282 e. The van der Waals surface area contributed by atoms with Crippen LogP contribution in [0.4, 0.5) is 0 Å². The molecule has 0 aromatic carbocycles. The molecule has 0 aliphatic rings. The summed E-state index contributed by atoms with van der Waals surface area (Å²) in [5.41, 5.74) is 2.73. The minimum atomic E-state index is 0.455. The number of rotatable bonds is 10. The normalized spacial score (nSPS) is 12.9. The van der Waals surface area contributed by atoms with Crippen LogP contribution >= 0.6 is 0 Å². The molecule has 0 aromatic rings. The van der Waals surface area contributed by atoms with Crippen molar-refractivity contribution in [3.8, 4) is 0 Å². The van der Waals surface area contributed by atoms with Crippen molar-refractivity contribution in [3.63, 3.8) is 0 Å². The zero-order chi connectivity index (χ0) is 29.3. The van der Waals surface area contributed by atoms with E-state index >= 15 is 0 Å². The summed E-state index contributed by atoms with van der Waals surface area (Å²) in [5, 5.41) is 0. The van der Waals surface area contributed by atoms with Crippen molar-refractivity contribution in [2.45, 2.75) is 190 Å². The number of hydrogen-bond donors (Lipinski definition) is 0. The lowest BCUT2D eigenvalue weighted by Gasteiger charge is -2.40. The highest BCUT2D eigenvalue weighted by Gasteiger charge is 2.33. The maximum atomic E-state index is 2.38. The van der Waals surface area contributed by atoms with E-state index in [0.29, 0.717) is 27.1 Å². The van der Waals surface area contributed by atoms with Gasteiger partial charge in [0.1, 0.15) is 0 Å². The Kier molecular flexibility index (Phi) is 23.0. The van der Waals surface area contributed by atoms with Crippen LogP contribution in [-0.2, 0) is 0 Å². The fourth-order valence-electron chi connectivity index (χ4n) is 3.54. The Bertz CT molecular complexity index is 429. The van der Waals surface area contributed by atoms with Gasteiger partial charge in [-0.25, -0.2) is 0 Å². The van der Waals surface area contributed by atoms with Crippen molar-refractivity contribution in [2.75, 3.05) is 0 Å². The first kappa shape index (κ1) is 42.1. The topological polar surface area (TPSA) is 0 Å². The predicted molar refractivity (Wildman–Crippen MR) is 170 cm³/mol. The number of hydrogen-bond acceptors (Lipinski definition) is 0. The quantitative estimate of drug-likeness (QED) is 0.281. The minimum Gasteiger partial charge on any atom is -0.0649 e. The third-order valence-corrected chi connectivity index (χ3v) is 11.4. The van der Waals surface area contributed by atoms with Crippen LogP contribution in [0.2, 0.25) is 0 Å². The van der Waals surface area contributed by atoms with Crippen molar-refractivity contribution < 1.29 is 0 Å². The van der Waals surface area contributed by atoms with Gasteiger partial charge in [0.25, 0.3) is 0 Å². The van der Waals surface area contributed by atoms with E-state index in [1.807, 2.05) is 0 Å². The Morgan fingerprint density at radius 2 is 0.714 bits per heavy atom. The van der Waals surface area contributed by atoms with E-state index in [1.165, 1.54) is 51.4 Å². The standard InChI is InChI=1S/C10H22.C9H20.2C8H18/c1-7-10(6,8-2)9(3,4)5;1-6-9(5,7-2)8(3)4;1-6-8(4,5)7(2)3;1-5-8(4,6-2)7-3/h7-8H2,1-6H3;8H,6-7H2,1-5H3;7H,6H2,1-5H3;5-7H2,1-4H3. The van der Waals surface area contributed by atoms with E-state index in [9.17, 15) is 0 Å². The lowest BCUT2D eigenvalue weighted by Crippen LogP contribution is -2.31. The monoisotopic (exact) mass is 499 g/mol. The van der Waals surface area contributed by atoms with E-state index < -0.39 is 0 Å². The highest BCUT2D eigenvalue weighted by Crippen LogP contribution is 2.43. The SMILES string of the molecule is CCC(C)(C)C(C)C.CCC(C)(CC)C(C)(C)C.CCC(C)(CC)C(C)C.CCC(C)(CC)CC. The Balaban J connectivity index is -0.000000184. The summed E-state index contributed by atoms with van der Waals surface area (Å²) in [6.07, 6.45) is 10.4. The molecule has 0 heterocycles. The van der Waals surface area contributed by atoms with E-state index in [2.05, 4.69) is 138 Å². The van der Waals surface area contributed by atoms with Crippen LogP contribution < -0.4 is 0 Å². The summed E-state index contributed by atoms with van der Waals surface area (Å²) >= 11 is 0. The molecule has 0 unspecified atom stereocenters. The summed E-state index contributed by atoms with van der Waals surface area (Å²) < 4.78 is 0. The second-order valence-corrected chi connectivity index (χ2v) is 14.4. The molecule has 0 N–H and O–H groups in total. The van der Waals surface area contributed by atoms with Gasteiger partial charge in [-0.05, 0) is 38.9 Å². The molecular weight excluding hydrogens is 420 g/mol. The average molecular weight is 499 g/mol. The fourth-order valence-corrected chi connectivity index (χ4v) is 3.54. The van der Waals surface area contributed by atoms with E-state index in [-0.39, 0.29) is 0 Å². The molecule has 0 spiro atoms. The average Bonchev–Trinajstić information content (AvgIpc) is 2.82. The molecule has 0 rings (SSSR count). The zero-order valence-electron chi connectivity index (χ0n) is 29.3. The lowest BCUT2D eigenvalue weighted by molar-refractivity contribution is 0.0975. The molecule has 0 aliphatic carbocycles. The van der Waals surface area contributed by atoms with Gasteiger partial charge < -0.3 is 0 Å². The molecule has 0 atom stereocenters. The van der Waals surface area contributed by atoms with Crippen LogP contribution in [0.3, 0.4) is 0 Å². The Labute approximate surface area is 228 Å². The van der Waals surface area contributed by atoms with E-state index in [0.717, 1.165) is 11.8 Å². The highest BCUT2D eigenvalue weighted by molar-refractivity contribution is 4.83. The van der Waals surface area contributed by atoms with Gasteiger partial charge in [0, 0.05) is 0 Å². The first-order chi connectivity index (χ1) is 15.6. The lowest BCUT2D eigenvalue weighted by atomic mass is 9.65. The van der Waals surface area contributed by atoms with Crippen LogP contribution in [0.1, 0.15) is 190 Å². The molecule has 0 saturated heterocycles. The summed E-state index contributed by atoms with van der Waals surface area (Å²) in [4.78, 5) is 0. The van der Waals surface area contributed by atoms with Crippen molar-refractivity contribution in [2.24, 2.45) is 38.9 Å². The molecule has 218 valence electrons. The third-order valence-electron chi connectivity index (χ3n) is 11.4. The first-order valence-electron chi connectivity index (χ1n) is 15.6. The van der Waals surface area contributed by atoms with Gasteiger partial charge in [0.05, 0.1) is 0 Å². The Morgan fingerprint density at radius 1 is 0.400 bits per heavy atom. The summed E-state index contributed by atoms with van der Waals surface area (Å²) in [6.45, 7) is 46.1. The van der Waals surface area contributed by atoms with Gasteiger partial charge in [0.2, 0.25) is 0 Å². The molecule has 35 heavy (non-hydrogen) atoms. The molecule has 0 aromatic heterocycles. The Morgan fingerprint density at radius 3 is 0.714 bits per heavy atom. The zero-order valence-corrected chi connectivity index (χ0v) is 29.3. The van der Waals surface area contributed by atoms with Crippen LogP contribution in [0.5, 0.6) is 0 Å². The largest absolute Gasteiger partial charge is 0.0649 e. The first-order valence-corrected chi connectivity index (χ1v) is 15.6. The van der Waals surface area contributed by atoms with Gasteiger partial charge in [0.15, 0.2) is 0 Å². The van der Waals surface area contributed by atoms with Gasteiger partial charge in [-0.1, -0.05) is 190 Å². The molecule has 0 heteroatoms. The van der Waals surface area contributed by atoms with Crippen LogP contribution in [0.25, 0.3) is 0 Å². The van der Waals surface area contributed by atoms with Crippen molar-refractivity contribution in [1.82, 2.24) is 0 Å². The Hall–Kier alpha value is 0. The molecule has 0 bridgehead atoms. The van der Waals surface area contributed by atoms with Crippen molar-refractivity contribution in [3.05, 3.63) is 0 Å². The second kappa shape index (κ2) is 19.1.